The van der Waals surface area contributed by atoms with Gasteiger partial charge in [0.15, 0.2) is 0 Å². The fraction of sp³-hybridized carbons (Fsp3) is 0.391. The normalized spacial score (nSPS) is 11.7. The number of nitrogens with zero attached hydrogens (tertiary/aromatic N) is 2. The second-order valence-electron chi connectivity index (χ2n) is 8.08. The molecule has 0 unspecified atom stereocenters. The number of rotatable bonds is 7. The fourth-order valence-corrected chi connectivity index (χ4v) is 3.28. The number of nitrogens with one attached hydrogen (secondary N) is 1. The lowest BCUT2D eigenvalue weighted by Crippen LogP contribution is -2.29. The molecule has 5 nitrogen and oxygen atoms in total. The Bertz CT molecular complexity index is 937. The number of carbonyl (C=O) groups is 1. The summed E-state index contributed by atoms with van der Waals surface area (Å²) in [6.45, 7) is 8.04. The molecule has 1 N–H and O–H groups in total. The Labute approximate surface area is 166 Å². The summed E-state index contributed by atoms with van der Waals surface area (Å²) in [5.74, 6) is 0.863. The molecule has 0 atom stereocenters. The minimum Gasteiger partial charge on any atom is -0.375 e. The number of ether oxygens (including phenoxy) is 1. The van der Waals surface area contributed by atoms with Crippen LogP contribution in [0, 0.1) is 0 Å². The summed E-state index contributed by atoms with van der Waals surface area (Å²) in [6.07, 6.45) is 0.671. The molecule has 1 heterocycles. The van der Waals surface area contributed by atoms with E-state index in [9.17, 15) is 4.79 Å². The van der Waals surface area contributed by atoms with Crippen molar-refractivity contribution in [2.45, 2.75) is 39.2 Å². The van der Waals surface area contributed by atoms with Gasteiger partial charge in [-0.15, -0.1) is 0 Å². The first-order valence-electron chi connectivity index (χ1n) is 9.67. The molecule has 0 aliphatic heterocycles. The molecule has 0 saturated heterocycles. The van der Waals surface area contributed by atoms with E-state index in [1.54, 1.807) is 0 Å². The van der Waals surface area contributed by atoms with E-state index >= 15 is 0 Å². The first-order valence-corrected chi connectivity index (χ1v) is 9.67. The largest absolute Gasteiger partial charge is 0.375 e. The molecule has 3 aromatic rings. The van der Waals surface area contributed by atoms with Crippen molar-refractivity contribution in [2.75, 3.05) is 20.3 Å². The Morgan fingerprint density at radius 3 is 2.50 bits per heavy atom. The fourth-order valence-electron chi connectivity index (χ4n) is 3.28. The molecule has 1 amide bonds. The molecular formula is C23H29N3O2. The van der Waals surface area contributed by atoms with Crippen molar-refractivity contribution in [3.63, 3.8) is 0 Å². The van der Waals surface area contributed by atoms with E-state index in [0.717, 1.165) is 23.4 Å². The van der Waals surface area contributed by atoms with Crippen molar-refractivity contribution >= 4 is 16.9 Å². The zero-order valence-electron chi connectivity index (χ0n) is 17.2. The van der Waals surface area contributed by atoms with Gasteiger partial charge in [0.2, 0.25) is 5.91 Å². The number of benzene rings is 2. The van der Waals surface area contributed by atoms with Crippen LogP contribution in [0.1, 0.15) is 37.7 Å². The van der Waals surface area contributed by atoms with Crippen LogP contribution in [-0.2, 0) is 27.9 Å². The Kier molecular flexibility index (Phi) is 6.15. The predicted octanol–water partition coefficient (Wildman–Crippen LogP) is 3.69. The molecule has 0 aliphatic carbocycles. The van der Waals surface area contributed by atoms with Gasteiger partial charge in [0, 0.05) is 26.6 Å². The minimum atomic E-state index is -0.108. The number of fused-ring (bicyclic) bond motifs is 1. The van der Waals surface area contributed by atoms with Crippen LogP contribution in [0.25, 0.3) is 11.0 Å². The van der Waals surface area contributed by atoms with Crippen LogP contribution < -0.4 is 5.32 Å². The summed E-state index contributed by atoms with van der Waals surface area (Å²) in [4.78, 5) is 16.4. The van der Waals surface area contributed by atoms with Crippen molar-refractivity contribution in [2.24, 2.45) is 0 Å². The highest BCUT2D eigenvalue weighted by Gasteiger charge is 2.14. The molecule has 3 rings (SSSR count). The van der Waals surface area contributed by atoms with Gasteiger partial charge >= 0.3 is 0 Å². The van der Waals surface area contributed by atoms with E-state index < -0.39 is 0 Å². The second-order valence-corrected chi connectivity index (χ2v) is 8.08. The monoisotopic (exact) mass is 379 g/mol. The summed E-state index contributed by atoms with van der Waals surface area (Å²) in [5, 5.41) is 2.87. The SMILES string of the molecule is COCC(=O)NCCc1nc2ccccc2n1Cc1ccc(C(C)(C)C)cc1. The smallest absolute Gasteiger partial charge is 0.245 e. The minimum absolute atomic E-state index is 0.0799. The number of carbonyl (C=O) groups excluding carboxylic acids is 1. The quantitative estimate of drug-likeness (QED) is 0.681. The van der Waals surface area contributed by atoms with Crippen LogP contribution >= 0.6 is 0 Å². The van der Waals surface area contributed by atoms with Crippen LogP contribution in [0.4, 0.5) is 0 Å². The predicted molar refractivity (Wildman–Crippen MR) is 113 cm³/mol. The topological polar surface area (TPSA) is 56.1 Å². The van der Waals surface area contributed by atoms with Gasteiger partial charge in [-0.1, -0.05) is 57.2 Å². The molecule has 0 radical (unpaired) electrons. The molecule has 28 heavy (non-hydrogen) atoms. The molecule has 0 aliphatic rings. The van der Waals surface area contributed by atoms with Gasteiger partial charge in [-0.3, -0.25) is 4.79 Å². The third kappa shape index (κ3) is 4.78. The summed E-state index contributed by atoms with van der Waals surface area (Å²) < 4.78 is 7.10. The maximum absolute atomic E-state index is 11.6. The van der Waals surface area contributed by atoms with Gasteiger partial charge in [0.05, 0.1) is 11.0 Å². The van der Waals surface area contributed by atoms with Gasteiger partial charge < -0.3 is 14.6 Å². The van der Waals surface area contributed by atoms with Crippen LogP contribution in [-0.4, -0.2) is 35.7 Å². The van der Waals surface area contributed by atoms with Crippen LogP contribution in [0.3, 0.4) is 0 Å². The van der Waals surface area contributed by atoms with E-state index in [1.807, 2.05) is 18.2 Å². The Morgan fingerprint density at radius 2 is 1.82 bits per heavy atom. The Balaban J connectivity index is 1.81. The lowest BCUT2D eigenvalue weighted by molar-refractivity contribution is -0.124. The first-order chi connectivity index (χ1) is 13.4. The number of hydrogen-bond acceptors (Lipinski definition) is 3. The van der Waals surface area contributed by atoms with Crippen molar-refractivity contribution in [3.05, 3.63) is 65.5 Å². The van der Waals surface area contributed by atoms with E-state index in [4.69, 9.17) is 9.72 Å². The maximum atomic E-state index is 11.6. The molecule has 0 bridgehead atoms. The lowest BCUT2D eigenvalue weighted by Gasteiger charge is -2.19. The summed E-state index contributed by atoms with van der Waals surface area (Å²) in [5.41, 5.74) is 4.80. The number of methoxy groups -OCH3 is 1. The van der Waals surface area contributed by atoms with Crippen molar-refractivity contribution < 1.29 is 9.53 Å². The lowest BCUT2D eigenvalue weighted by atomic mass is 9.87. The van der Waals surface area contributed by atoms with E-state index in [2.05, 4.69) is 61.0 Å². The van der Waals surface area contributed by atoms with Crippen LogP contribution in [0.2, 0.25) is 0 Å². The Hall–Kier alpha value is -2.66. The van der Waals surface area contributed by atoms with Gasteiger partial charge in [-0.2, -0.15) is 0 Å². The highest BCUT2D eigenvalue weighted by atomic mass is 16.5. The van der Waals surface area contributed by atoms with Crippen LogP contribution in [0.5, 0.6) is 0 Å². The average molecular weight is 380 g/mol. The number of amides is 1. The first kappa shape index (κ1) is 20.1. The van der Waals surface area contributed by atoms with E-state index in [0.29, 0.717) is 13.0 Å². The molecule has 2 aromatic carbocycles. The molecule has 1 aromatic heterocycles. The Morgan fingerprint density at radius 1 is 1.11 bits per heavy atom. The summed E-state index contributed by atoms with van der Waals surface area (Å²) >= 11 is 0. The van der Waals surface area contributed by atoms with Crippen molar-refractivity contribution in [1.82, 2.24) is 14.9 Å². The van der Waals surface area contributed by atoms with Crippen molar-refractivity contribution in [3.8, 4) is 0 Å². The molecule has 0 fully saturated rings. The molecule has 0 spiro atoms. The standard InChI is InChI=1S/C23H29N3O2/c1-23(2,3)18-11-9-17(10-12-18)15-26-20-8-6-5-7-19(20)25-21(26)13-14-24-22(27)16-28-4/h5-12H,13-16H2,1-4H3,(H,24,27). The van der Waals surface area contributed by atoms with E-state index in [-0.39, 0.29) is 17.9 Å². The third-order valence-corrected chi connectivity index (χ3v) is 4.84. The van der Waals surface area contributed by atoms with Gasteiger partial charge in [0.25, 0.3) is 0 Å². The van der Waals surface area contributed by atoms with Gasteiger partial charge in [0.1, 0.15) is 12.4 Å². The zero-order chi connectivity index (χ0) is 20.1. The number of aromatic nitrogens is 2. The van der Waals surface area contributed by atoms with Crippen molar-refractivity contribution in [1.29, 1.82) is 0 Å². The summed E-state index contributed by atoms with van der Waals surface area (Å²) in [7, 11) is 1.52. The van der Waals surface area contributed by atoms with E-state index in [1.165, 1.54) is 18.2 Å². The van der Waals surface area contributed by atoms with Gasteiger partial charge in [-0.25, -0.2) is 4.98 Å². The molecule has 5 heteroatoms. The highest BCUT2D eigenvalue weighted by molar-refractivity contribution is 5.77. The maximum Gasteiger partial charge on any atom is 0.245 e. The number of para-hydroxylation sites is 2. The third-order valence-electron chi connectivity index (χ3n) is 4.84. The average Bonchev–Trinajstić information content (AvgIpc) is 2.99. The molecule has 148 valence electrons. The highest BCUT2D eigenvalue weighted by Crippen LogP contribution is 2.23. The zero-order valence-corrected chi connectivity index (χ0v) is 17.2. The summed E-state index contributed by atoms with van der Waals surface area (Å²) in [6, 6.07) is 17.0. The number of hydrogen-bond donors (Lipinski definition) is 1. The van der Waals surface area contributed by atoms with Crippen LogP contribution in [0.15, 0.2) is 48.5 Å². The van der Waals surface area contributed by atoms with Gasteiger partial charge in [-0.05, 0) is 28.7 Å². The second kappa shape index (κ2) is 8.57. The molecular weight excluding hydrogens is 350 g/mol. The number of imidazole rings is 1. The molecule has 0 saturated carbocycles.